The zero-order chi connectivity index (χ0) is 25.2. The summed E-state index contributed by atoms with van der Waals surface area (Å²) in [5.74, 6) is 0.744. The van der Waals surface area contributed by atoms with Gasteiger partial charge in [-0.3, -0.25) is 0 Å². The van der Waals surface area contributed by atoms with E-state index >= 15 is 0 Å². The van der Waals surface area contributed by atoms with E-state index in [1.54, 1.807) is 4.90 Å². The van der Waals surface area contributed by atoms with E-state index in [4.69, 9.17) is 38.4 Å². The Morgan fingerprint density at radius 1 is 1.26 bits per heavy atom. The third-order valence-corrected chi connectivity index (χ3v) is 6.27. The fourth-order valence-corrected chi connectivity index (χ4v) is 4.38. The number of hydrogen-bond acceptors (Lipinski definition) is 7. The second-order valence-electron chi connectivity index (χ2n) is 9.24. The van der Waals surface area contributed by atoms with Gasteiger partial charge >= 0.3 is 6.09 Å². The molecule has 1 saturated heterocycles. The molecule has 4 N–H and O–H groups in total. The molecule has 1 atom stereocenters. The summed E-state index contributed by atoms with van der Waals surface area (Å²) in [6, 6.07) is 11.3. The summed E-state index contributed by atoms with van der Waals surface area (Å²) in [6.07, 6.45) is 1.28. The van der Waals surface area contributed by atoms with E-state index in [0.717, 1.165) is 18.4 Å². The number of aromatic amines is 1. The molecule has 2 aromatic carbocycles. The Morgan fingerprint density at radius 2 is 2.00 bits per heavy atom. The molecular weight excluding hydrogens is 491 g/mol. The maximum Gasteiger partial charge on any atom is 0.410 e. The number of nitrogens with zero attached hydrogens (tertiary/aromatic N) is 3. The van der Waals surface area contributed by atoms with Crippen molar-refractivity contribution in [2.75, 3.05) is 24.2 Å². The third kappa shape index (κ3) is 5.91. The number of likely N-dealkylation sites (tertiary alicyclic amines) is 1. The molecule has 0 saturated carbocycles. The molecule has 35 heavy (non-hydrogen) atoms. The molecule has 9 nitrogen and oxygen atoms in total. The highest BCUT2D eigenvalue weighted by Crippen LogP contribution is 2.45. The largest absolute Gasteiger partial charge is 0.488 e. The van der Waals surface area contributed by atoms with Gasteiger partial charge in [-0.25, -0.2) is 9.89 Å². The zero-order valence-corrected chi connectivity index (χ0v) is 21.3. The third-order valence-electron chi connectivity index (χ3n) is 5.42. The molecule has 0 radical (unpaired) electrons. The molecule has 4 rings (SSSR count). The molecule has 1 aliphatic rings. The number of aromatic nitrogens is 3. The molecule has 1 aromatic heterocycles. The van der Waals surface area contributed by atoms with Crippen molar-refractivity contribution in [3.8, 4) is 16.9 Å². The van der Waals surface area contributed by atoms with Crippen LogP contribution in [0.4, 0.5) is 22.4 Å². The lowest BCUT2D eigenvalue weighted by molar-refractivity contribution is 0.0188. The van der Waals surface area contributed by atoms with E-state index in [0.29, 0.717) is 28.6 Å². The number of ether oxygens (including phenoxy) is 2. The van der Waals surface area contributed by atoms with Crippen molar-refractivity contribution in [3.05, 3.63) is 46.4 Å². The van der Waals surface area contributed by atoms with Crippen LogP contribution in [0.15, 0.2) is 36.4 Å². The highest BCUT2D eigenvalue weighted by atomic mass is 35.5. The highest BCUT2D eigenvalue weighted by Gasteiger charge is 2.33. The van der Waals surface area contributed by atoms with Crippen molar-refractivity contribution in [3.63, 3.8) is 0 Å². The molecule has 1 aliphatic heterocycles. The summed E-state index contributed by atoms with van der Waals surface area (Å²) in [4.78, 5) is 18.5. The average Bonchev–Trinajstić information content (AvgIpc) is 3.44. The molecule has 0 spiro atoms. The molecule has 11 heteroatoms. The van der Waals surface area contributed by atoms with Gasteiger partial charge in [-0.15, -0.1) is 5.10 Å². The maximum absolute atomic E-state index is 12.7. The summed E-state index contributed by atoms with van der Waals surface area (Å²) < 4.78 is 11.7. The number of hydrogen-bond donors (Lipinski definition) is 3. The fourth-order valence-electron chi connectivity index (χ4n) is 3.87. The SMILES string of the molecule is CC(C)(C)OC(=O)N1CCC[C@H]1COc1c(Nc2n[nH]c(N)n2)cc(-c2ccccc2)c(Cl)c1Cl. The quantitative estimate of drug-likeness (QED) is 0.372. The average molecular weight is 519 g/mol. The van der Waals surface area contributed by atoms with Crippen LogP contribution in [0.3, 0.4) is 0 Å². The fraction of sp³-hybridized carbons (Fsp3) is 0.375. The molecular formula is C24H28Cl2N6O3. The Bertz CT molecular complexity index is 1200. The van der Waals surface area contributed by atoms with Crippen molar-refractivity contribution in [2.24, 2.45) is 0 Å². The first kappa shape index (κ1) is 24.9. The lowest BCUT2D eigenvalue weighted by atomic mass is 10.0. The number of carbonyl (C=O) groups excluding carboxylic acids is 1. The number of nitrogens with one attached hydrogen (secondary N) is 2. The van der Waals surface area contributed by atoms with Gasteiger partial charge in [0.1, 0.15) is 17.2 Å². The molecule has 0 aliphatic carbocycles. The number of H-pyrrole nitrogens is 1. The van der Waals surface area contributed by atoms with Gasteiger partial charge in [0.15, 0.2) is 5.75 Å². The number of rotatable bonds is 6. The van der Waals surface area contributed by atoms with Gasteiger partial charge in [0.2, 0.25) is 11.9 Å². The standard InChI is InChI=1S/C24H28Cl2N6O3/c1-24(2,3)35-23(33)32-11-7-10-15(32)13-34-20-17(28-22-29-21(27)30-31-22)12-16(18(25)19(20)26)14-8-5-4-6-9-14/h4-6,8-9,12,15H,7,10-11,13H2,1-3H3,(H4,27,28,29,30,31)/t15-/m0/s1. The van der Waals surface area contributed by atoms with Crippen LogP contribution in [0.2, 0.25) is 10.0 Å². The van der Waals surface area contributed by atoms with Crippen LogP contribution in [0, 0.1) is 0 Å². The monoisotopic (exact) mass is 518 g/mol. The number of benzene rings is 2. The van der Waals surface area contributed by atoms with Crippen LogP contribution < -0.4 is 15.8 Å². The van der Waals surface area contributed by atoms with E-state index in [9.17, 15) is 4.79 Å². The first-order valence-corrected chi connectivity index (χ1v) is 12.0. The number of nitrogen functional groups attached to an aromatic ring is 1. The van der Waals surface area contributed by atoms with Gasteiger partial charge in [-0.1, -0.05) is 53.5 Å². The van der Waals surface area contributed by atoms with Crippen molar-refractivity contribution < 1.29 is 14.3 Å². The van der Waals surface area contributed by atoms with Gasteiger partial charge in [-0.2, -0.15) is 4.98 Å². The molecule has 1 fully saturated rings. The Balaban J connectivity index is 1.63. The van der Waals surface area contributed by atoms with Crippen molar-refractivity contribution >= 4 is 46.9 Å². The first-order valence-electron chi connectivity index (χ1n) is 11.3. The zero-order valence-electron chi connectivity index (χ0n) is 19.8. The van der Waals surface area contributed by atoms with Gasteiger partial charge in [-0.05, 0) is 45.2 Å². The van der Waals surface area contributed by atoms with Gasteiger partial charge < -0.3 is 25.4 Å². The summed E-state index contributed by atoms with van der Waals surface area (Å²) in [5, 5.41) is 10.3. The topological polar surface area (TPSA) is 118 Å². The summed E-state index contributed by atoms with van der Waals surface area (Å²) >= 11 is 13.4. The molecule has 3 aromatic rings. The van der Waals surface area contributed by atoms with Crippen molar-refractivity contribution in [2.45, 2.75) is 45.3 Å². The van der Waals surface area contributed by atoms with Crippen molar-refractivity contribution in [1.82, 2.24) is 20.1 Å². The van der Waals surface area contributed by atoms with E-state index in [-0.39, 0.29) is 35.7 Å². The van der Waals surface area contributed by atoms with E-state index < -0.39 is 5.60 Å². The van der Waals surface area contributed by atoms with Crippen LogP contribution in [0.1, 0.15) is 33.6 Å². The number of halogens is 2. The lowest BCUT2D eigenvalue weighted by Crippen LogP contribution is -2.42. The Labute approximate surface area is 213 Å². The minimum atomic E-state index is -0.579. The van der Waals surface area contributed by atoms with Crippen LogP contribution >= 0.6 is 23.2 Å². The predicted molar refractivity (Wildman–Crippen MR) is 137 cm³/mol. The van der Waals surface area contributed by atoms with E-state index in [2.05, 4.69) is 20.5 Å². The minimum absolute atomic E-state index is 0.164. The summed E-state index contributed by atoms with van der Waals surface area (Å²) in [6.45, 7) is 6.35. The number of nitrogens with two attached hydrogens (primary N) is 1. The van der Waals surface area contributed by atoms with E-state index in [1.165, 1.54) is 0 Å². The Kier molecular flexibility index (Phi) is 7.28. The molecule has 186 valence electrons. The molecule has 0 bridgehead atoms. The number of anilines is 3. The van der Waals surface area contributed by atoms with Gasteiger partial charge in [0.05, 0.1) is 16.8 Å². The van der Waals surface area contributed by atoms with Crippen LogP contribution in [0.25, 0.3) is 11.1 Å². The first-order chi connectivity index (χ1) is 16.6. The second kappa shape index (κ2) is 10.2. The molecule has 0 unspecified atom stereocenters. The maximum atomic E-state index is 12.7. The van der Waals surface area contributed by atoms with Crippen LogP contribution in [0.5, 0.6) is 5.75 Å². The van der Waals surface area contributed by atoms with Gasteiger partial charge in [0, 0.05) is 12.1 Å². The number of amides is 1. The molecule has 1 amide bonds. The predicted octanol–water partition coefficient (Wildman–Crippen LogP) is 5.88. The van der Waals surface area contributed by atoms with Crippen LogP contribution in [-0.2, 0) is 4.74 Å². The summed E-state index contributed by atoms with van der Waals surface area (Å²) in [7, 11) is 0. The normalized spacial score (nSPS) is 15.8. The number of carbonyl (C=O) groups is 1. The second-order valence-corrected chi connectivity index (χ2v) is 10.0. The summed E-state index contributed by atoms with van der Waals surface area (Å²) in [5.41, 5.74) is 7.21. The van der Waals surface area contributed by atoms with Gasteiger partial charge in [0.25, 0.3) is 0 Å². The lowest BCUT2D eigenvalue weighted by Gasteiger charge is -2.29. The van der Waals surface area contributed by atoms with Crippen LogP contribution in [-0.4, -0.2) is 51.0 Å². The smallest absolute Gasteiger partial charge is 0.410 e. The van der Waals surface area contributed by atoms with Crippen molar-refractivity contribution in [1.29, 1.82) is 0 Å². The Hall–Kier alpha value is -3.17. The minimum Gasteiger partial charge on any atom is -0.488 e. The van der Waals surface area contributed by atoms with E-state index in [1.807, 2.05) is 57.2 Å². The highest BCUT2D eigenvalue weighted by molar-refractivity contribution is 6.45. The Morgan fingerprint density at radius 3 is 2.66 bits per heavy atom. The molecule has 2 heterocycles.